The largest absolute Gasteiger partial charge is 0.465 e. The molecule has 0 bridgehead atoms. The molecule has 0 radical (unpaired) electrons. The molecule has 2 saturated carbocycles. The molecule has 1 aromatic carbocycles. The first-order chi connectivity index (χ1) is 16.6. The summed E-state index contributed by atoms with van der Waals surface area (Å²) in [6.07, 6.45) is 4.83. The summed E-state index contributed by atoms with van der Waals surface area (Å²) in [5.74, 6) is -0.270. The van der Waals surface area contributed by atoms with E-state index in [1.807, 2.05) is 31.2 Å². The van der Waals surface area contributed by atoms with Gasteiger partial charge in [0.2, 0.25) is 5.91 Å². The minimum Gasteiger partial charge on any atom is -0.465 e. The Morgan fingerprint density at radius 1 is 0.971 bits per heavy atom. The summed E-state index contributed by atoms with van der Waals surface area (Å²) in [4.78, 5) is 38.5. The Morgan fingerprint density at radius 2 is 1.57 bits per heavy atom. The molecule has 2 aliphatic rings. The number of halogens is 1. The van der Waals surface area contributed by atoms with E-state index in [2.05, 4.69) is 10.6 Å². The van der Waals surface area contributed by atoms with E-state index >= 15 is 0 Å². The lowest BCUT2D eigenvalue weighted by Crippen LogP contribution is -2.53. The van der Waals surface area contributed by atoms with Crippen LogP contribution in [0.1, 0.15) is 84.2 Å². The fourth-order valence-electron chi connectivity index (χ4n) is 4.66. The van der Waals surface area contributed by atoms with Crippen LogP contribution in [0.2, 0.25) is 5.02 Å². The van der Waals surface area contributed by atoms with Gasteiger partial charge in [0.25, 0.3) is 0 Å². The van der Waals surface area contributed by atoms with E-state index in [0.717, 1.165) is 24.8 Å². The molecule has 3 rings (SSSR count). The van der Waals surface area contributed by atoms with Crippen LogP contribution in [0, 0.1) is 17.8 Å². The Bertz CT molecular complexity index is 871. The maximum absolute atomic E-state index is 13.6. The van der Waals surface area contributed by atoms with Gasteiger partial charge >= 0.3 is 12.1 Å². The van der Waals surface area contributed by atoms with Crippen molar-refractivity contribution in [3.05, 3.63) is 34.9 Å². The van der Waals surface area contributed by atoms with Gasteiger partial charge in [-0.3, -0.25) is 9.59 Å². The van der Waals surface area contributed by atoms with Crippen molar-refractivity contribution < 1.29 is 23.9 Å². The molecule has 2 N–H and O–H groups in total. The molecule has 2 aliphatic carbocycles. The molecule has 0 saturated heterocycles. The van der Waals surface area contributed by atoms with Crippen LogP contribution in [0.3, 0.4) is 0 Å². The van der Waals surface area contributed by atoms with Gasteiger partial charge in [0, 0.05) is 5.02 Å². The predicted molar refractivity (Wildman–Crippen MR) is 135 cm³/mol. The van der Waals surface area contributed by atoms with Gasteiger partial charge in [0.1, 0.15) is 11.6 Å². The van der Waals surface area contributed by atoms with Crippen LogP contribution >= 0.6 is 11.6 Å². The lowest BCUT2D eigenvalue weighted by atomic mass is 9.78. The standard InChI is InChI=1S/C27H39ClN2O5/c1-5-16-34-25(32)20-10-8-19(9-11-20)23(30-26(33)35-27(2,3)4)24(31)29-22(17-6-7-17)18-12-14-21(28)15-13-18/h12-15,17,19-20,22-23H,5-11,16H2,1-4H3,(H,29,31)(H,30,33). The molecule has 0 spiro atoms. The van der Waals surface area contributed by atoms with Crippen molar-refractivity contribution in [2.75, 3.05) is 6.61 Å². The van der Waals surface area contributed by atoms with Gasteiger partial charge in [0.05, 0.1) is 18.6 Å². The molecule has 0 heterocycles. The number of hydrogen-bond donors (Lipinski definition) is 2. The molecule has 2 fully saturated rings. The number of hydrogen-bond acceptors (Lipinski definition) is 5. The first-order valence-electron chi connectivity index (χ1n) is 12.8. The highest BCUT2D eigenvalue weighted by molar-refractivity contribution is 6.30. The Morgan fingerprint density at radius 3 is 2.11 bits per heavy atom. The van der Waals surface area contributed by atoms with Crippen LogP contribution in [-0.2, 0) is 19.1 Å². The van der Waals surface area contributed by atoms with E-state index in [9.17, 15) is 14.4 Å². The number of alkyl carbamates (subject to hydrolysis) is 1. The summed E-state index contributed by atoms with van der Waals surface area (Å²) in [5, 5.41) is 6.68. The van der Waals surface area contributed by atoms with Crippen molar-refractivity contribution in [2.24, 2.45) is 17.8 Å². The van der Waals surface area contributed by atoms with E-state index in [1.165, 1.54) is 0 Å². The Labute approximate surface area is 213 Å². The highest BCUT2D eigenvalue weighted by atomic mass is 35.5. The first kappa shape index (κ1) is 27.3. The number of amides is 2. The molecule has 35 heavy (non-hydrogen) atoms. The molecule has 1 aromatic rings. The third kappa shape index (κ3) is 8.41. The molecule has 2 amide bonds. The minimum atomic E-state index is -0.744. The molecular formula is C27H39ClN2O5. The van der Waals surface area contributed by atoms with Crippen LogP contribution < -0.4 is 10.6 Å². The molecule has 0 aliphatic heterocycles. The maximum atomic E-state index is 13.6. The second-order valence-electron chi connectivity index (χ2n) is 10.8. The van der Waals surface area contributed by atoms with Crippen LogP contribution in [-0.4, -0.2) is 36.2 Å². The van der Waals surface area contributed by atoms with Crippen LogP contribution in [0.5, 0.6) is 0 Å². The van der Waals surface area contributed by atoms with E-state index < -0.39 is 17.7 Å². The number of ether oxygens (including phenoxy) is 2. The predicted octanol–water partition coefficient (Wildman–Crippen LogP) is 5.56. The van der Waals surface area contributed by atoms with Gasteiger partial charge in [-0.2, -0.15) is 0 Å². The monoisotopic (exact) mass is 506 g/mol. The third-order valence-corrected chi connectivity index (χ3v) is 6.85. The van der Waals surface area contributed by atoms with Crippen LogP contribution in [0.4, 0.5) is 4.79 Å². The summed E-state index contributed by atoms with van der Waals surface area (Å²) in [7, 11) is 0. The highest BCUT2D eigenvalue weighted by Crippen LogP contribution is 2.41. The zero-order valence-corrected chi connectivity index (χ0v) is 22.0. The number of rotatable bonds is 9. The van der Waals surface area contributed by atoms with Gasteiger partial charge in [-0.1, -0.05) is 30.7 Å². The number of nitrogens with one attached hydrogen (secondary N) is 2. The summed E-state index contributed by atoms with van der Waals surface area (Å²) >= 11 is 6.06. The smallest absolute Gasteiger partial charge is 0.408 e. The fourth-order valence-corrected chi connectivity index (χ4v) is 4.78. The SMILES string of the molecule is CCCOC(=O)C1CCC(C(NC(=O)OC(C)(C)C)C(=O)NC(c2ccc(Cl)cc2)C2CC2)CC1. The topological polar surface area (TPSA) is 93.7 Å². The molecule has 194 valence electrons. The van der Waals surface area contributed by atoms with Crippen LogP contribution in [0.25, 0.3) is 0 Å². The van der Waals surface area contributed by atoms with Gasteiger partial charge in [-0.05, 0) is 95.2 Å². The quantitative estimate of drug-likeness (QED) is 0.427. The number of carbonyl (C=O) groups is 3. The number of carbonyl (C=O) groups excluding carboxylic acids is 3. The van der Waals surface area contributed by atoms with Crippen molar-refractivity contribution in [1.82, 2.24) is 10.6 Å². The van der Waals surface area contributed by atoms with E-state index in [1.54, 1.807) is 20.8 Å². The van der Waals surface area contributed by atoms with E-state index in [4.69, 9.17) is 21.1 Å². The summed E-state index contributed by atoms with van der Waals surface area (Å²) in [6, 6.07) is 6.65. The Kier molecular flexibility index (Phi) is 9.45. The summed E-state index contributed by atoms with van der Waals surface area (Å²) < 4.78 is 10.8. The van der Waals surface area contributed by atoms with Gasteiger partial charge in [0.15, 0.2) is 0 Å². The number of esters is 1. The Balaban J connectivity index is 1.71. The lowest BCUT2D eigenvalue weighted by Gasteiger charge is -2.34. The molecule has 2 atom stereocenters. The van der Waals surface area contributed by atoms with Gasteiger partial charge < -0.3 is 20.1 Å². The zero-order chi connectivity index (χ0) is 25.6. The van der Waals surface area contributed by atoms with Gasteiger partial charge in [-0.25, -0.2) is 4.79 Å². The second kappa shape index (κ2) is 12.1. The van der Waals surface area contributed by atoms with Gasteiger partial charge in [-0.15, -0.1) is 0 Å². The Hall–Kier alpha value is -2.28. The molecular weight excluding hydrogens is 468 g/mol. The van der Waals surface area contributed by atoms with E-state index in [-0.39, 0.29) is 29.8 Å². The molecule has 8 heteroatoms. The first-order valence-corrected chi connectivity index (χ1v) is 13.2. The highest BCUT2D eigenvalue weighted by Gasteiger charge is 2.39. The summed E-state index contributed by atoms with van der Waals surface area (Å²) in [6.45, 7) is 7.77. The summed E-state index contributed by atoms with van der Waals surface area (Å²) in [5.41, 5.74) is 0.328. The van der Waals surface area contributed by atoms with Crippen molar-refractivity contribution in [2.45, 2.75) is 90.3 Å². The molecule has 7 nitrogen and oxygen atoms in total. The van der Waals surface area contributed by atoms with E-state index in [0.29, 0.717) is 43.2 Å². The maximum Gasteiger partial charge on any atom is 0.408 e. The van der Waals surface area contributed by atoms with Crippen molar-refractivity contribution >= 4 is 29.6 Å². The minimum absolute atomic E-state index is 0.0946. The third-order valence-electron chi connectivity index (χ3n) is 6.60. The average molecular weight is 507 g/mol. The molecule has 2 unspecified atom stereocenters. The second-order valence-corrected chi connectivity index (χ2v) is 11.2. The average Bonchev–Trinajstić information content (AvgIpc) is 3.64. The molecule has 0 aromatic heterocycles. The fraction of sp³-hybridized carbons (Fsp3) is 0.667. The lowest BCUT2D eigenvalue weighted by molar-refractivity contribution is -0.150. The zero-order valence-electron chi connectivity index (χ0n) is 21.3. The van der Waals surface area contributed by atoms with Crippen molar-refractivity contribution in [1.29, 1.82) is 0 Å². The van der Waals surface area contributed by atoms with Crippen molar-refractivity contribution in [3.8, 4) is 0 Å². The van der Waals surface area contributed by atoms with Crippen molar-refractivity contribution in [3.63, 3.8) is 0 Å². The van der Waals surface area contributed by atoms with Crippen LogP contribution in [0.15, 0.2) is 24.3 Å². The normalized spacial score (nSPS) is 22.0. The number of benzene rings is 1.